The van der Waals surface area contributed by atoms with E-state index in [0.717, 1.165) is 4.47 Å². The van der Waals surface area contributed by atoms with E-state index in [0.29, 0.717) is 5.75 Å². The van der Waals surface area contributed by atoms with E-state index in [-0.39, 0.29) is 6.61 Å². The second kappa shape index (κ2) is 5.32. The molecule has 1 N–H and O–H groups in total. The third-order valence-electron chi connectivity index (χ3n) is 1.94. The summed E-state index contributed by atoms with van der Waals surface area (Å²) in [6.07, 6.45) is 0. The summed E-state index contributed by atoms with van der Waals surface area (Å²) in [5.41, 5.74) is -1.64. The summed E-state index contributed by atoms with van der Waals surface area (Å²) in [5, 5.41) is 9.70. The van der Waals surface area contributed by atoms with Crippen molar-refractivity contribution in [3.05, 3.63) is 28.7 Å². The molecule has 4 nitrogen and oxygen atoms in total. The monoisotopic (exact) mass is 288 g/mol. The Hall–Kier alpha value is -1.07. The van der Waals surface area contributed by atoms with Crippen molar-refractivity contribution >= 4 is 21.9 Å². The van der Waals surface area contributed by atoms with Crippen LogP contribution in [0.15, 0.2) is 28.7 Å². The number of methoxy groups -OCH3 is 1. The van der Waals surface area contributed by atoms with E-state index in [1.807, 2.05) is 6.07 Å². The SMILES string of the molecule is COC(=O)C(C)(O)COc1cccc(Br)c1. The molecule has 0 amide bonds. The minimum atomic E-state index is -1.64. The minimum Gasteiger partial charge on any atom is -0.490 e. The van der Waals surface area contributed by atoms with Crippen LogP contribution in [-0.4, -0.2) is 30.4 Å². The molecule has 0 saturated carbocycles. The van der Waals surface area contributed by atoms with Crippen molar-refractivity contribution in [1.29, 1.82) is 0 Å². The number of ether oxygens (including phenoxy) is 2. The van der Waals surface area contributed by atoms with Gasteiger partial charge in [-0.3, -0.25) is 0 Å². The molecule has 1 aromatic rings. The molecule has 0 heterocycles. The zero-order chi connectivity index (χ0) is 12.2. The van der Waals surface area contributed by atoms with Crippen LogP contribution in [0.1, 0.15) is 6.92 Å². The first-order valence-electron chi connectivity index (χ1n) is 4.65. The van der Waals surface area contributed by atoms with E-state index < -0.39 is 11.6 Å². The van der Waals surface area contributed by atoms with E-state index in [4.69, 9.17) is 4.74 Å². The summed E-state index contributed by atoms with van der Waals surface area (Å²) in [4.78, 5) is 11.2. The number of benzene rings is 1. The number of carbonyl (C=O) groups excluding carboxylic acids is 1. The third kappa shape index (κ3) is 3.50. The molecule has 16 heavy (non-hydrogen) atoms. The predicted molar refractivity (Wildman–Crippen MR) is 62.3 cm³/mol. The average Bonchev–Trinajstić information content (AvgIpc) is 2.25. The highest BCUT2D eigenvalue weighted by molar-refractivity contribution is 9.10. The van der Waals surface area contributed by atoms with E-state index in [2.05, 4.69) is 20.7 Å². The van der Waals surface area contributed by atoms with Crippen molar-refractivity contribution in [2.75, 3.05) is 13.7 Å². The molecule has 0 radical (unpaired) electrons. The Bertz CT molecular complexity index is 376. The van der Waals surface area contributed by atoms with Crippen molar-refractivity contribution in [3.63, 3.8) is 0 Å². The second-order valence-corrected chi connectivity index (χ2v) is 4.43. The van der Waals surface area contributed by atoms with Gasteiger partial charge in [0.2, 0.25) is 0 Å². The summed E-state index contributed by atoms with van der Waals surface area (Å²) in [6.45, 7) is 1.19. The summed E-state index contributed by atoms with van der Waals surface area (Å²) < 4.78 is 10.6. The van der Waals surface area contributed by atoms with Gasteiger partial charge in [-0.25, -0.2) is 4.79 Å². The lowest BCUT2D eigenvalue weighted by Crippen LogP contribution is -2.42. The smallest absolute Gasteiger partial charge is 0.341 e. The molecule has 0 saturated heterocycles. The number of hydrogen-bond donors (Lipinski definition) is 1. The van der Waals surface area contributed by atoms with Crippen LogP contribution in [0.25, 0.3) is 0 Å². The van der Waals surface area contributed by atoms with Gasteiger partial charge in [-0.15, -0.1) is 0 Å². The maximum Gasteiger partial charge on any atom is 0.341 e. The Morgan fingerprint density at radius 3 is 2.81 bits per heavy atom. The fourth-order valence-electron chi connectivity index (χ4n) is 1.06. The lowest BCUT2D eigenvalue weighted by molar-refractivity contribution is -0.163. The molecule has 0 aliphatic rings. The topological polar surface area (TPSA) is 55.8 Å². The van der Waals surface area contributed by atoms with Crippen LogP contribution in [0.5, 0.6) is 5.75 Å². The Labute approximate surface area is 102 Å². The van der Waals surface area contributed by atoms with Gasteiger partial charge in [0, 0.05) is 4.47 Å². The molecule has 1 atom stereocenters. The Balaban J connectivity index is 2.61. The van der Waals surface area contributed by atoms with Crippen LogP contribution >= 0.6 is 15.9 Å². The van der Waals surface area contributed by atoms with Crippen LogP contribution in [-0.2, 0) is 9.53 Å². The zero-order valence-corrected chi connectivity index (χ0v) is 10.7. The fraction of sp³-hybridized carbons (Fsp3) is 0.364. The number of hydrogen-bond acceptors (Lipinski definition) is 4. The molecule has 0 aromatic heterocycles. The molecule has 0 fully saturated rings. The van der Waals surface area contributed by atoms with Crippen molar-refractivity contribution in [2.45, 2.75) is 12.5 Å². The normalized spacial score (nSPS) is 14.0. The van der Waals surface area contributed by atoms with Crippen molar-refractivity contribution in [3.8, 4) is 5.75 Å². The Kier molecular flexibility index (Phi) is 4.32. The first-order chi connectivity index (χ1) is 7.45. The predicted octanol–water partition coefficient (Wildman–Crippen LogP) is 1.75. The van der Waals surface area contributed by atoms with Crippen LogP contribution in [0.4, 0.5) is 0 Å². The highest BCUT2D eigenvalue weighted by Crippen LogP contribution is 2.19. The van der Waals surface area contributed by atoms with E-state index in [9.17, 15) is 9.90 Å². The van der Waals surface area contributed by atoms with Gasteiger partial charge in [0.05, 0.1) is 7.11 Å². The number of carbonyl (C=O) groups is 1. The zero-order valence-electron chi connectivity index (χ0n) is 9.07. The van der Waals surface area contributed by atoms with Crippen molar-refractivity contribution < 1.29 is 19.4 Å². The van der Waals surface area contributed by atoms with Gasteiger partial charge in [-0.1, -0.05) is 22.0 Å². The van der Waals surface area contributed by atoms with Crippen molar-refractivity contribution in [2.24, 2.45) is 0 Å². The van der Waals surface area contributed by atoms with Gasteiger partial charge < -0.3 is 14.6 Å². The summed E-state index contributed by atoms with van der Waals surface area (Å²) >= 11 is 3.29. The Morgan fingerprint density at radius 1 is 1.56 bits per heavy atom. The summed E-state index contributed by atoms with van der Waals surface area (Å²) in [6, 6.07) is 7.13. The molecule has 0 bridgehead atoms. The molecule has 1 aromatic carbocycles. The largest absolute Gasteiger partial charge is 0.490 e. The van der Waals surface area contributed by atoms with Crippen LogP contribution in [0, 0.1) is 0 Å². The molecule has 0 spiro atoms. The standard InChI is InChI=1S/C11H13BrO4/c1-11(14,10(13)15-2)7-16-9-5-3-4-8(12)6-9/h3-6,14H,7H2,1-2H3. The van der Waals surface area contributed by atoms with E-state index in [1.165, 1.54) is 14.0 Å². The second-order valence-electron chi connectivity index (χ2n) is 3.51. The van der Waals surface area contributed by atoms with Gasteiger partial charge in [-0.2, -0.15) is 0 Å². The molecule has 0 aliphatic heterocycles. The number of halogens is 1. The maximum atomic E-state index is 11.2. The number of rotatable bonds is 4. The van der Waals surface area contributed by atoms with Gasteiger partial charge in [0.15, 0.2) is 5.60 Å². The molecular formula is C11H13BrO4. The Morgan fingerprint density at radius 2 is 2.25 bits per heavy atom. The maximum absolute atomic E-state index is 11.2. The van der Waals surface area contributed by atoms with Gasteiger partial charge in [0.1, 0.15) is 12.4 Å². The highest BCUT2D eigenvalue weighted by Gasteiger charge is 2.32. The first kappa shape index (κ1) is 13.0. The van der Waals surface area contributed by atoms with Gasteiger partial charge >= 0.3 is 5.97 Å². The molecule has 1 unspecified atom stereocenters. The lowest BCUT2D eigenvalue weighted by atomic mass is 10.1. The molecule has 5 heteroatoms. The first-order valence-corrected chi connectivity index (χ1v) is 5.44. The van der Waals surface area contributed by atoms with Crippen LogP contribution < -0.4 is 4.74 Å². The van der Waals surface area contributed by atoms with Gasteiger partial charge in [0.25, 0.3) is 0 Å². The molecule has 0 aliphatic carbocycles. The van der Waals surface area contributed by atoms with E-state index >= 15 is 0 Å². The lowest BCUT2D eigenvalue weighted by Gasteiger charge is -2.20. The summed E-state index contributed by atoms with van der Waals surface area (Å²) in [5.74, 6) is -0.152. The van der Waals surface area contributed by atoms with Crippen LogP contribution in [0.2, 0.25) is 0 Å². The number of aliphatic hydroxyl groups is 1. The average molecular weight is 289 g/mol. The summed E-state index contributed by atoms with van der Waals surface area (Å²) in [7, 11) is 1.22. The van der Waals surface area contributed by atoms with E-state index in [1.54, 1.807) is 18.2 Å². The molecular weight excluding hydrogens is 276 g/mol. The van der Waals surface area contributed by atoms with Crippen molar-refractivity contribution in [1.82, 2.24) is 0 Å². The quantitative estimate of drug-likeness (QED) is 0.858. The molecule has 1 rings (SSSR count). The fourth-order valence-corrected chi connectivity index (χ4v) is 1.44. The molecule has 88 valence electrons. The van der Waals surface area contributed by atoms with Gasteiger partial charge in [-0.05, 0) is 25.1 Å². The third-order valence-corrected chi connectivity index (χ3v) is 2.43. The number of esters is 1. The highest BCUT2D eigenvalue weighted by atomic mass is 79.9. The van der Waals surface area contributed by atoms with Crippen LogP contribution in [0.3, 0.4) is 0 Å². The minimum absolute atomic E-state index is 0.157.